The average molecular weight is 543 g/mol. The molecule has 2 aliphatic carbocycles. The Morgan fingerprint density at radius 1 is 1.19 bits per heavy atom. The number of halogens is 1. The summed E-state index contributed by atoms with van der Waals surface area (Å²) < 4.78 is 5.97. The molecule has 0 radical (unpaired) electrons. The molecule has 2 atom stereocenters. The molecular weight excluding hydrogens is 503 g/mol. The van der Waals surface area contributed by atoms with Crippen molar-refractivity contribution in [3.05, 3.63) is 35.4 Å². The number of hydrogen-bond acceptors (Lipinski definition) is 4. The van der Waals surface area contributed by atoms with Crippen molar-refractivity contribution in [3.63, 3.8) is 0 Å². The summed E-state index contributed by atoms with van der Waals surface area (Å²) in [6, 6.07) is 9.33. The van der Waals surface area contributed by atoms with Crippen LogP contribution in [0, 0.1) is 5.41 Å². The molecule has 1 spiro atoms. The minimum atomic E-state index is -0.109. The molecule has 2 saturated carbocycles. The Hall–Kier alpha value is -0.900. The molecule has 1 aromatic carbocycles. The van der Waals surface area contributed by atoms with Crippen LogP contribution < -0.4 is 10.6 Å². The minimum Gasteiger partial charge on any atom is -0.393 e. The molecule has 3 N–H and O–H groups in total. The SMILES string of the molecule is CCOC1CC(NC(=NC)NCc2ccc(CN3CCC(O)CC3)cc2)C12CCC2.I. The molecule has 7 heteroatoms. The summed E-state index contributed by atoms with van der Waals surface area (Å²) in [5.41, 5.74) is 2.93. The molecule has 2 unspecified atom stereocenters. The summed E-state index contributed by atoms with van der Waals surface area (Å²) in [6.45, 7) is 6.61. The molecule has 0 bridgehead atoms. The second-order valence-electron chi connectivity index (χ2n) is 9.21. The van der Waals surface area contributed by atoms with E-state index in [1.165, 1.54) is 30.4 Å². The van der Waals surface area contributed by atoms with Gasteiger partial charge in [-0.25, -0.2) is 0 Å². The van der Waals surface area contributed by atoms with Crippen LogP contribution in [-0.2, 0) is 17.8 Å². The number of aliphatic hydroxyl groups excluding tert-OH is 1. The Labute approximate surface area is 204 Å². The first kappa shape index (κ1) is 24.7. The fourth-order valence-corrected chi connectivity index (χ4v) is 5.28. The standard InChI is InChI=1S/C24H38N4O2.HI/c1-3-30-22-15-21(24(22)11-4-12-24)27-23(25-2)26-16-18-5-7-19(8-6-18)17-28-13-9-20(29)10-14-28;/h5-8,20-22,29H,3-4,9-17H2,1-2H3,(H2,25,26,27);1H. The van der Waals surface area contributed by atoms with Gasteiger partial charge >= 0.3 is 0 Å². The maximum Gasteiger partial charge on any atom is 0.191 e. The van der Waals surface area contributed by atoms with E-state index in [0.29, 0.717) is 17.6 Å². The molecule has 6 nitrogen and oxygen atoms in total. The highest BCUT2D eigenvalue weighted by molar-refractivity contribution is 14.0. The van der Waals surface area contributed by atoms with Gasteiger partial charge in [-0.05, 0) is 50.2 Å². The molecule has 31 heavy (non-hydrogen) atoms. The number of aliphatic hydroxyl groups is 1. The fourth-order valence-electron chi connectivity index (χ4n) is 5.28. The predicted octanol–water partition coefficient (Wildman–Crippen LogP) is 3.27. The highest BCUT2D eigenvalue weighted by Gasteiger charge is 2.59. The van der Waals surface area contributed by atoms with Crippen LogP contribution in [0.15, 0.2) is 29.3 Å². The van der Waals surface area contributed by atoms with Crippen LogP contribution >= 0.6 is 24.0 Å². The van der Waals surface area contributed by atoms with Gasteiger partial charge in [0.05, 0.1) is 12.2 Å². The van der Waals surface area contributed by atoms with Gasteiger partial charge in [0.15, 0.2) is 5.96 Å². The molecule has 1 heterocycles. The lowest BCUT2D eigenvalue weighted by atomic mass is 9.51. The van der Waals surface area contributed by atoms with Gasteiger partial charge in [0.2, 0.25) is 0 Å². The van der Waals surface area contributed by atoms with Crippen LogP contribution in [0.2, 0.25) is 0 Å². The predicted molar refractivity (Wildman–Crippen MR) is 136 cm³/mol. The van der Waals surface area contributed by atoms with Crippen molar-refractivity contribution < 1.29 is 9.84 Å². The number of likely N-dealkylation sites (tertiary alicyclic amines) is 1. The number of hydrogen-bond donors (Lipinski definition) is 3. The maximum absolute atomic E-state index is 9.66. The van der Waals surface area contributed by atoms with Gasteiger partial charge < -0.3 is 20.5 Å². The van der Waals surface area contributed by atoms with Gasteiger partial charge in [-0.15, -0.1) is 24.0 Å². The van der Waals surface area contributed by atoms with Crippen LogP contribution in [0.5, 0.6) is 0 Å². The summed E-state index contributed by atoms with van der Waals surface area (Å²) in [4.78, 5) is 6.87. The number of ether oxygens (including phenoxy) is 1. The van der Waals surface area contributed by atoms with Gasteiger partial charge in [-0.1, -0.05) is 30.7 Å². The van der Waals surface area contributed by atoms with E-state index < -0.39 is 0 Å². The summed E-state index contributed by atoms with van der Waals surface area (Å²) in [6.07, 6.45) is 7.02. The van der Waals surface area contributed by atoms with Crippen LogP contribution in [0.25, 0.3) is 0 Å². The zero-order valence-corrected chi connectivity index (χ0v) is 21.3. The fraction of sp³-hybridized carbons (Fsp3) is 0.708. The largest absolute Gasteiger partial charge is 0.393 e. The molecule has 0 amide bonds. The molecule has 0 aromatic heterocycles. The van der Waals surface area contributed by atoms with Crippen molar-refractivity contribution in [2.24, 2.45) is 10.4 Å². The number of benzene rings is 1. The number of aliphatic imine (C=N–C) groups is 1. The monoisotopic (exact) mass is 542 g/mol. The van der Waals surface area contributed by atoms with Crippen LogP contribution in [0.4, 0.5) is 0 Å². The third-order valence-electron chi connectivity index (χ3n) is 7.42. The van der Waals surface area contributed by atoms with Crippen molar-refractivity contribution in [1.29, 1.82) is 0 Å². The van der Waals surface area contributed by atoms with Crippen molar-refractivity contribution in [2.75, 3.05) is 26.7 Å². The lowest BCUT2D eigenvalue weighted by Gasteiger charge is -2.61. The molecule has 1 aliphatic heterocycles. The Morgan fingerprint density at radius 2 is 1.87 bits per heavy atom. The third-order valence-corrected chi connectivity index (χ3v) is 7.42. The van der Waals surface area contributed by atoms with E-state index in [2.05, 4.69) is 51.7 Å². The van der Waals surface area contributed by atoms with Crippen molar-refractivity contribution >= 4 is 29.9 Å². The first-order chi connectivity index (χ1) is 14.6. The second kappa shape index (κ2) is 11.3. The van der Waals surface area contributed by atoms with E-state index in [0.717, 1.165) is 58.0 Å². The molecule has 4 rings (SSSR count). The Bertz CT molecular complexity index is 715. The molecule has 3 aliphatic rings. The minimum absolute atomic E-state index is 0. The molecule has 3 fully saturated rings. The van der Waals surface area contributed by atoms with Gasteiger partial charge in [-0.3, -0.25) is 9.89 Å². The van der Waals surface area contributed by atoms with E-state index in [4.69, 9.17) is 4.74 Å². The third kappa shape index (κ3) is 5.72. The number of nitrogens with zero attached hydrogens (tertiary/aromatic N) is 2. The number of guanidine groups is 1. The highest BCUT2D eigenvalue weighted by atomic mass is 127. The number of nitrogens with one attached hydrogen (secondary N) is 2. The molecular formula is C24H39IN4O2. The van der Waals surface area contributed by atoms with Crippen LogP contribution in [0.1, 0.15) is 56.6 Å². The van der Waals surface area contributed by atoms with Gasteiger partial charge in [0.1, 0.15) is 0 Å². The Morgan fingerprint density at radius 3 is 2.45 bits per heavy atom. The average Bonchev–Trinajstić information content (AvgIpc) is 2.71. The summed E-state index contributed by atoms with van der Waals surface area (Å²) in [7, 11) is 1.85. The van der Waals surface area contributed by atoms with Crippen molar-refractivity contribution in [1.82, 2.24) is 15.5 Å². The smallest absolute Gasteiger partial charge is 0.191 e. The van der Waals surface area contributed by atoms with Gasteiger partial charge in [0.25, 0.3) is 0 Å². The Kier molecular flexibility index (Phi) is 9.01. The molecule has 1 aromatic rings. The van der Waals surface area contributed by atoms with Crippen molar-refractivity contribution in [2.45, 2.75) is 76.8 Å². The zero-order chi connectivity index (χ0) is 21.0. The van der Waals surface area contributed by atoms with E-state index in [9.17, 15) is 5.11 Å². The summed E-state index contributed by atoms with van der Waals surface area (Å²) in [5, 5.41) is 16.8. The summed E-state index contributed by atoms with van der Waals surface area (Å²) in [5.74, 6) is 0.886. The van der Waals surface area contributed by atoms with E-state index in [1.54, 1.807) is 0 Å². The first-order valence-electron chi connectivity index (χ1n) is 11.7. The lowest BCUT2D eigenvalue weighted by molar-refractivity contribution is -0.168. The summed E-state index contributed by atoms with van der Waals surface area (Å²) >= 11 is 0. The van der Waals surface area contributed by atoms with E-state index >= 15 is 0 Å². The van der Waals surface area contributed by atoms with Crippen LogP contribution in [0.3, 0.4) is 0 Å². The quantitative estimate of drug-likeness (QED) is 0.281. The number of piperidine rings is 1. The molecule has 1 saturated heterocycles. The molecule has 174 valence electrons. The van der Waals surface area contributed by atoms with Gasteiger partial charge in [0, 0.05) is 51.3 Å². The topological polar surface area (TPSA) is 69.1 Å². The van der Waals surface area contributed by atoms with E-state index in [-0.39, 0.29) is 30.1 Å². The van der Waals surface area contributed by atoms with E-state index in [1.807, 2.05) is 7.05 Å². The van der Waals surface area contributed by atoms with Gasteiger partial charge in [-0.2, -0.15) is 0 Å². The van der Waals surface area contributed by atoms with Crippen molar-refractivity contribution in [3.8, 4) is 0 Å². The zero-order valence-electron chi connectivity index (χ0n) is 19.0. The highest BCUT2D eigenvalue weighted by Crippen LogP contribution is 2.57. The normalized spacial score (nSPS) is 26.0. The maximum atomic E-state index is 9.66. The first-order valence-corrected chi connectivity index (χ1v) is 11.7. The van der Waals surface area contributed by atoms with Crippen LogP contribution in [-0.4, -0.2) is 61.0 Å². The Balaban J connectivity index is 0.00000272. The lowest BCUT2D eigenvalue weighted by Crippen LogP contribution is -2.68. The second-order valence-corrected chi connectivity index (χ2v) is 9.21. The number of rotatable bonds is 7.